The molecule has 1 aromatic heterocycles. The number of hydrogen-bond donors (Lipinski definition) is 2. The predicted molar refractivity (Wildman–Crippen MR) is 74.6 cm³/mol. The molecule has 9 heteroatoms. The van der Waals surface area contributed by atoms with Crippen molar-refractivity contribution in [3.63, 3.8) is 0 Å². The van der Waals surface area contributed by atoms with E-state index in [4.69, 9.17) is 5.11 Å². The fourth-order valence-electron chi connectivity index (χ4n) is 1.74. The zero-order valence-corrected chi connectivity index (χ0v) is 12.3. The highest BCUT2D eigenvalue weighted by Crippen LogP contribution is 2.21. The van der Waals surface area contributed by atoms with Crippen LogP contribution in [-0.4, -0.2) is 50.4 Å². The second-order valence-corrected chi connectivity index (χ2v) is 6.10. The van der Waals surface area contributed by atoms with Crippen molar-refractivity contribution in [2.24, 2.45) is 0 Å². The minimum atomic E-state index is -1.09. The molecule has 2 rings (SSSR count). The maximum atomic E-state index is 12.0. The summed E-state index contributed by atoms with van der Waals surface area (Å²) in [6, 6.07) is -0.462. The van der Waals surface area contributed by atoms with Gasteiger partial charge < -0.3 is 15.3 Å². The molecule has 1 aliphatic heterocycles. The topological polar surface area (TPSA) is 99.6 Å². The summed E-state index contributed by atoms with van der Waals surface area (Å²) in [7, 11) is 0. The number of rotatable bonds is 4. The maximum absolute atomic E-state index is 12.0. The van der Waals surface area contributed by atoms with Crippen molar-refractivity contribution in [1.82, 2.24) is 15.2 Å². The summed E-state index contributed by atoms with van der Waals surface area (Å²) in [5.41, 5.74) is -0.0268. The molecule has 2 amide bonds. The summed E-state index contributed by atoms with van der Waals surface area (Å²) in [6.45, 7) is 1.61. The highest BCUT2D eigenvalue weighted by Gasteiger charge is 2.32. The lowest BCUT2D eigenvalue weighted by atomic mass is 10.2. The fraction of sp³-hybridized carbons (Fsp3) is 0.455. The second kappa shape index (κ2) is 6.23. The number of amides is 2. The van der Waals surface area contributed by atoms with Gasteiger partial charge in [-0.2, -0.15) is 0 Å². The molecule has 1 saturated heterocycles. The van der Waals surface area contributed by atoms with E-state index in [1.54, 1.807) is 0 Å². The number of aromatic carboxylic acids is 1. The Labute approximate surface area is 123 Å². The number of hydrogen-bond acceptors (Lipinski definition) is 6. The fourth-order valence-corrected chi connectivity index (χ4v) is 3.67. The van der Waals surface area contributed by atoms with Crippen LogP contribution < -0.4 is 5.32 Å². The van der Waals surface area contributed by atoms with Gasteiger partial charge >= 0.3 is 5.97 Å². The number of carbonyl (C=O) groups is 3. The Morgan fingerprint density at radius 3 is 2.90 bits per heavy atom. The monoisotopic (exact) mass is 315 g/mol. The second-order valence-electron chi connectivity index (χ2n) is 4.15. The number of carbonyl (C=O) groups excluding carboxylic acids is 2. The summed E-state index contributed by atoms with van der Waals surface area (Å²) in [5, 5.41) is 13.4. The molecule has 0 spiro atoms. The van der Waals surface area contributed by atoms with E-state index < -0.39 is 12.0 Å². The van der Waals surface area contributed by atoms with Crippen molar-refractivity contribution in [2.45, 2.75) is 19.5 Å². The zero-order chi connectivity index (χ0) is 14.7. The van der Waals surface area contributed by atoms with E-state index in [-0.39, 0.29) is 24.1 Å². The molecular formula is C11H13N3O4S2. The third-order valence-corrected chi connectivity index (χ3v) is 4.64. The highest BCUT2D eigenvalue weighted by molar-refractivity contribution is 7.99. The minimum Gasteiger partial charge on any atom is -0.476 e. The number of thioether (sulfide) groups is 1. The first-order valence-corrected chi connectivity index (χ1v) is 7.83. The molecule has 2 N–H and O–H groups in total. The lowest BCUT2D eigenvalue weighted by Gasteiger charge is -2.21. The van der Waals surface area contributed by atoms with Crippen molar-refractivity contribution >= 4 is 40.9 Å². The number of nitrogens with zero attached hydrogens (tertiary/aromatic N) is 2. The van der Waals surface area contributed by atoms with E-state index in [0.29, 0.717) is 16.6 Å². The first-order chi connectivity index (χ1) is 9.49. The zero-order valence-electron chi connectivity index (χ0n) is 10.7. The third-order valence-electron chi connectivity index (χ3n) is 2.77. The first kappa shape index (κ1) is 14.8. The molecular weight excluding hydrogens is 302 g/mol. The van der Waals surface area contributed by atoms with Gasteiger partial charge in [-0.25, -0.2) is 9.78 Å². The Morgan fingerprint density at radius 2 is 2.30 bits per heavy atom. The van der Waals surface area contributed by atoms with Crippen LogP contribution in [0.4, 0.5) is 0 Å². The molecule has 1 atom stereocenters. The molecule has 7 nitrogen and oxygen atoms in total. The Bertz CT molecular complexity index is 546. The van der Waals surface area contributed by atoms with Crippen molar-refractivity contribution < 1.29 is 19.5 Å². The molecule has 1 fully saturated rings. The van der Waals surface area contributed by atoms with Gasteiger partial charge in [0.05, 0.1) is 12.4 Å². The van der Waals surface area contributed by atoms with Crippen LogP contribution in [0.1, 0.15) is 22.4 Å². The van der Waals surface area contributed by atoms with E-state index in [0.717, 1.165) is 0 Å². The van der Waals surface area contributed by atoms with Gasteiger partial charge in [-0.15, -0.1) is 23.1 Å². The van der Waals surface area contributed by atoms with E-state index in [9.17, 15) is 14.4 Å². The predicted octanol–water partition coefficient (Wildman–Crippen LogP) is 0.379. The molecule has 1 aliphatic rings. The number of carboxylic acids is 1. The third kappa shape index (κ3) is 3.28. The summed E-state index contributed by atoms with van der Waals surface area (Å²) in [4.78, 5) is 39.5. The van der Waals surface area contributed by atoms with Crippen LogP contribution in [0, 0.1) is 0 Å². The Balaban J connectivity index is 1.91. The lowest BCUT2D eigenvalue weighted by Crippen LogP contribution is -2.46. The summed E-state index contributed by atoms with van der Waals surface area (Å²) < 4.78 is 0. The molecule has 0 saturated carbocycles. The van der Waals surface area contributed by atoms with Gasteiger partial charge in [0.2, 0.25) is 11.8 Å². The van der Waals surface area contributed by atoms with Gasteiger partial charge in [0.15, 0.2) is 5.69 Å². The van der Waals surface area contributed by atoms with E-state index in [2.05, 4.69) is 10.3 Å². The summed E-state index contributed by atoms with van der Waals surface area (Å²) in [6.07, 6.45) is 0. The van der Waals surface area contributed by atoms with Crippen molar-refractivity contribution in [3.8, 4) is 0 Å². The Kier molecular flexibility index (Phi) is 4.61. The average Bonchev–Trinajstić information content (AvgIpc) is 3.04. The summed E-state index contributed by atoms with van der Waals surface area (Å²) in [5.74, 6) is -0.360. The lowest BCUT2D eigenvalue weighted by molar-refractivity contribution is -0.136. The minimum absolute atomic E-state index is 0.0268. The van der Waals surface area contributed by atoms with Gasteiger partial charge in [0.1, 0.15) is 11.0 Å². The van der Waals surface area contributed by atoms with Gasteiger partial charge in [-0.1, -0.05) is 0 Å². The first-order valence-electron chi connectivity index (χ1n) is 5.79. The maximum Gasteiger partial charge on any atom is 0.355 e. The van der Waals surface area contributed by atoms with Crippen molar-refractivity contribution in [2.75, 3.05) is 11.6 Å². The van der Waals surface area contributed by atoms with Crippen LogP contribution in [0.5, 0.6) is 0 Å². The molecule has 2 heterocycles. The molecule has 20 heavy (non-hydrogen) atoms. The van der Waals surface area contributed by atoms with E-state index in [1.807, 2.05) is 0 Å². The molecule has 0 unspecified atom stereocenters. The standard InChI is InChI=1S/C11H13N3O4S2/c1-6(15)14-5-19-4-8(14)10(16)12-2-9-13-7(3-20-9)11(17)18/h3,8H,2,4-5H2,1H3,(H,12,16)(H,17,18)/t8-/m0/s1. The van der Waals surface area contributed by atoms with Gasteiger partial charge in [-0.3, -0.25) is 9.59 Å². The summed E-state index contributed by atoms with van der Waals surface area (Å²) >= 11 is 2.71. The molecule has 0 bridgehead atoms. The van der Waals surface area contributed by atoms with Crippen LogP contribution in [0.15, 0.2) is 5.38 Å². The van der Waals surface area contributed by atoms with Gasteiger partial charge in [0, 0.05) is 18.1 Å². The van der Waals surface area contributed by atoms with Crippen LogP contribution in [0.2, 0.25) is 0 Å². The number of thiazole rings is 1. The van der Waals surface area contributed by atoms with E-state index >= 15 is 0 Å². The molecule has 0 aromatic carbocycles. The van der Waals surface area contributed by atoms with Crippen LogP contribution >= 0.6 is 23.1 Å². The Hall–Kier alpha value is -1.61. The van der Waals surface area contributed by atoms with E-state index in [1.165, 1.54) is 40.3 Å². The van der Waals surface area contributed by atoms with Crippen molar-refractivity contribution in [1.29, 1.82) is 0 Å². The average molecular weight is 315 g/mol. The highest BCUT2D eigenvalue weighted by atomic mass is 32.2. The molecule has 0 aliphatic carbocycles. The molecule has 1 aromatic rings. The largest absolute Gasteiger partial charge is 0.476 e. The smallest absolute Gasteiger partial charge is 0.355 e. The SMILES string of the molecule is CC(=O)N1CSC[C@H]1C(=O)NCc1nc(C(=O)O)cs1. The number of aromatic nitrogens is 1. The molecule has 0 radical (unpaired) electrons. The van der Waals surface area contributed by atoms with Crippen LogP contribution in [0.25, 0.3) is 0 Å². The quantitative estimate of drug-likeness (QED) is 0.833. The number of carboxylic acid groups (broad SMARTS) is 1. The molecule has 108 valence electrons. The van der Waals surface area contributed by atoms with Crippen LogP contribution in [-0.2, 0) is 16.1 Å². The van der Waals surface area contributed by atoms with Gasteiger partial charge in [-0.05, 0) is 0 Å². The normalized spacial score (nSPS) is 18.1. The van der Waals surface area contributed by atoms with Gasteiger partial charge in [0.25, 0.3) is 0 Å². The Morgan fingerprint density at radius 1 is 1.55 bits per heavy atom. The van der Waals surface area contributed by atoms with Crippen LogP contribution in [0.3, 0.4) is 0 Å². The van der Waals surface area contributed by atoms with Crippen molar-refractivity contribution in [3.05, 3.63) is 16.1 Å². The number of nitrogens with one attached hydrogen (secondary N) is 1.